The number of thioether (sulfide) groups is 1. The van der Waals surface area contributed by atoms with Gasteiger partial charge >= 0.3 is 0 Å². The maximum atomic E-state index is 13.3. The molecule has 10 heteroatoms. The van der Waals surface area contributed by atoms with Crippen LogP contribution in [0.25, 0.3) is 0 Å². The molecule has 0 aliphatic carbocycles. The molecule has 1 fully saturated rings. The molecular weight excluding hydrogens is 450 g/mol. The van der Waals surface area contributed by atoms with Gasteiger partial charge in [0.05, 0.1) is 29.5 Å². The van der Waals surface area contributed by atoms with Crippen LogP contribution in [0.5, 0.6) is 5.75 Å². The molecule has 2 heterocycles. The third-order valence-electron chi connectivity index (χ3n) is 5.54. The first-order valence-corrected chi connectivity index (χ1v) is 11.5. The minimum Gasteiger partial charge on any atom is -0.495 e. The molecule has 168 valence electrons. The number of aryl methyl sites for hydroxylation is 1. The fourth-order valence-corrected chi connectivity index (χ4v) is 4.70. The number of methoxy groups -OCH3 is 1. The van der Waals surface area contributed by atoms with Crippen LogP contribution in [-0.4, -0.2) is 42.6 Å². The molecule has 32 heavy (non-hydrogen) atoms. The normalized spacial score (nSPS) is 20.1. The van der Waals surface area contributed by atoms with Crippen molar-refractivity contribution in [2.24, 2.45) is 10.9 Å². The molecular formula is C22H24ClN5O3S. The van der Waals surface area contributed by atoms with Crippen molar-refractivity contribution in [2.45, 2.75) is 20.0 Å². The lowest BCUT2D eigenvalue weighted by Crippen LogP contribution is -2.49. The summed E-state index contributed by atoms with van der Waals surface area (Å²) >= 11 is 7.51. The van der Waals surface area contributed by atoms with Gasteiger partial charge in [0.1, 0.15) is 11.9 Å². The predicted molar refractivity (Wildman–Crippen MR) is 128 cm³/mol. The van der Waals surface area contributed by atoms with Gasteiger partial charge in [-0.25, -0.2) is 10.4 Å². The van der Waals surface area contributed by atoms with Crippen molar-refractivity contribution in [3.8, 4) is 5.75 Å². The van der Waals surface area contributed by atoms with Gasteiger partial charge in [0.15, 0.2) is 5.17 Å². The highest BCUT2D eigenvalue weighted by Crippen LogP contribution is 2.34. The monoisotopic (exact) mass is 473 g/mol. The number of halogens is 1. The summed E-state index contributed by atoms with van der Waals surface area (Å²) in [7, 11) is 1.53. The molecule has 0 spiro atoms. The van der Waals surface area contributed by atoms with Crippen LogP contribution in [0.2, 0.25) is 5.02 Å². The Morgan fingerprint density at radius 1 is 1.34 bits per heavy atom. The number of carbonyl (C=O) groups is 2. The molecule has 0 radical (unpaired) electrons. The number of nitrogens with one attached hydrogen (secondary N) is 3. The van der Waals surface area contributed by atoms with Crippen LogP contribution in [0, 0.1) is 19.8 Å². The van der Waals surface area contributed by atoms with E-state index in [9.17, 15) is 9.59 Å². The Bertz CT molecular complexity index is 1090. The van der Waals surface area contributed by atoms with Crippen LogP contribution in [0.15, 0.2) is 41.4 Å². The Hall–Kier alpha value is -2.59. The zero-order valence-corrected chi connectivity index (χ0v) is 19.5. The number of nitrogens with zero attached hydrogens (tertiary/aromatic N) is 2. The third-order valence-corrected chi connectivity index (χ3v) is 6.78. The van der Waals surface area contributed by atoms with E-state index >= 15 is 0 Å². The number of anilines is 2. The van der Waals surface area contributed by atoms with E-state index in [1.165, 1.54) is 23.8 Å². The number of hydrogen-bond donors (Lipinski definition) is 3. The maximum Gasteiger partial charge on any atom is 0.241 e. The average Bonchev–Trinajstić information content (AvgIpc) is 3.24. The molecule has 4 rings (SSSR count). The zero-order chi connectivity index (χ0) is 22.8. The van der Waals surface area contributed by atoms with E-state index in [2.05, 4.69) is 16.2 Å². The summed E-state index contributed by atoms with van der Waals surface area (Å²) in [5, 5.41) is 3.77. The molecule has 2 atom stereocenters. The standard InChI is InChI=1S/C22H24ClN5O3S/c1-12-5-4-6-17(13(12)2)25-19(29)11-32-22-26-20-15(10-24-27-20)21(30)28(22)14-7-8-18(31-3)16(23)9-14/h4-9,15,20,24,27H,10-11H2,1-3H3,(H,25,29). The Labute approximate surface area is 195 Å². The van der Waals surface area contributed by atoms with Gasteiger partial charge in [-0.2, -0.15) is 0 Å². The van der Waals surface area contributed by atoms with Crippen LogP contribution >= 0.6 is 23.4 Å². The second-order valence-electron chi connectivity index (χ2n) is 7.57. The number of amidine groups is 1. The number of fused-ring (bicyclic) bond motifs is 1. The van der Waals surface area contributed by atoms with E-state index in [1.807, 2.05) is 32.0 Å². The van der Waals surface area contributed by atoms with Crippen molar-refractivity contribution < 1.29 is 14.3 Å². The van der Waals surface area contributed by atoms with Crippen molar-refractivity contribution in [3.63, 3.8) is 0 Å². The second-order valence-corrected chi connectivity index (χ2v) is 8.91. The number of hydrazine groups is 1. The Morgan fingerprint density at radius 3 is 2.91 bits per heavy atom. The fraction of sp³-hybridized carbons (Fsp3) is 0.318. The lowest BCUT2D eigenvalue weighted by molar-refractivity contribution is -0.121. The topological polar surface area (TPSA) is 95.1 Å². The summed E-state index contributed by atoms with van der Waals surface area (Å²) < 4.78 is 5.22. The number of benzene rings is 2. The van der Waals surface area contributed by atoms with Crippen LogP contribution in [0.3, 0.4) is 0 Å². The van der Waals surface area contributed by atoms with E-state index in [4.69, 9.17) is 21.3 Å². The Morgan fingerprint density at radius 2 is 2.16 bits per heavy atom. The van der Waals surface area contributed by atoms with Crippen LogP contribution in [0.1, 0.15) is 11.1 Å². The molecule has 2 amide bonds. The van der Waals surface area contributed by atoms with Gasteiger partial charge in [0.25, 0.3) is 0 Å². The SMILES string of the molecule is COc1ccc(N2C(=O)C3CNNC3N=C2SCC(=O)Nc2cccc(C)c2C)cc1Cl. The summed E-state index contributed by atoms with van der Waals surface area (Å²) in [4.78, 5) is 32.1. The highest BCUT2D eigenvalue weighted by atomic mass is 35.5. The van der Waals surface area contributed by atoms with Gasteiger partial charge in [0.2, 0.25) is 11.8 Å². The Kier molecular flexibility index (Phi) is 6.71. The molecule has 2 aliphatic rings. The predicted octanol–water partition coefficient (Wildman–Crippen LogP) is 3.09. The fourth-order valence-electron chi connectivity index (χ4n) is 3.60. The Balaban J connectivity index is 1.55. The van der Waals surface area contributed by atoms with Crippen LogP contribution in [-0.2, 0) is 9.59 Å². The highest BCUT2D eigenvalue weighted by molar-refractivity contribution is 8.14. The summed E-state index contributed by atoms with van der Waals surface area (Å²) in [6, 6.07) is 10.9. The largest absolute Gasteiger partial charge is 0.495 e. The quantitative estimate of drug-likeness (QED) is 0.617. The van der Waals surface area contributed by atoms with Crippen molar-refractivity contribution >= 4 is 51.7 Å². The van der Waals surface area contributed by atoms with E-state index in [0.29, 0.717) is 28.2 Å². The minimum atomic E-state index is -0.378. The van der Waals surface area contributed by atoms with Crippen molar-refractivity contribution in [1.82, 2.24) is 10.9 Å². The lowest BCUT2D eigenvalue weighted by Gasteiger charge is -2.32. The first-order chi connectivity index (χ1) is 15.4. The second kappa shape index (κ2) is 9.50. The smallest absolute Gasteiger partial charge is 0.241 e. The number of amides is 2. The molecule has 0 aromatic heterocycles. The van der Waals surface area contributed by atoms with Crippen molar-refractivity contribution in [3.05, 3.63) is 52.5 Å². The summed E-state index contributed by atoms with van der Waals surface area (Å²) in [6.45, 7) is 4.44. The first-order valence-electron chi connectivity index (χ1n) is 10.1. The molecule has 2 unspecified atom stereocenters. The zero-order valence-electron chi connectivity index (χ0n) is 17.9. The molecule has 0 bridgehead atoms. The number of rotatable bonds is 5. The van der Waals surface area contributed by atoms with Gasteiger partial charge in [-0.15, -0.1) is 0 Å². The maximum absolute atomic E-state index is 13.3. The molecule has 2 aliphatic heterocycles. The minimum absolute atomic E-state index is 0.102. The first kappa shape index (κ1) is 22.6. The molecule has 8 nitrogen and oxygen atoms in total. The van der Waals surface area contributed by atoms with Gasteiger partial charge in [-0.1, -0.05) is 35.5 Å². The van der Waals surface area contributed by atoms with Crippen molar-refractivity contribution in [2.75, 3.05) is 29.6 Å². The molecule has 0 saturated carbocycles. The van der Waals surface area contributed by atoms with E-state index < -0.39 is 0 Å². The van der Waals surface area contributed by atoms with Gasteiger partial charge in [-0.3, -0.25) is 19.9 Å². The van der Waals surface area contributed by atoms with E-state index in [1.54, 1.807) is 18.2 Å². The van der Waals surface area contributed by atoms with Gasteiger partial charge < -0.3 is 10.1 Å². The molecule has 1 saturated heterocycles. The number of aliphatic imine (C=N–C) groups is 1. The summed E-state index contributed by atoms with van der Waals surface area (Å²) in [5.74, 6) is -0.0117. The summed E-state index contributed by atoms with van der Waals surface area (Å²) in [6.07, 6.45) is -0.378. The van der Waals surface area contributed by atoms with E-state index in [-0.39, 0.29) is 29.7 Å². The molecule has 2 aromatic carbocycles. The highest BCUT2D eigenvalue weighted by Gasteiger charge is 2.42. The van der Waals surface area contributed by atoms with Crippen molar-refractivity contribution in [1.29, 1.82) is 0 Å². The van der Waals surface area contributed by atoms with Crippen LogP contribution in [0.4, 0.5) is 11.4 Å². The molecule has 3 N–H and O–H groups in total. The lowest BCUT2D eigenvalue weighted by atomic mass is 10.0. The van der Waals surface area contributed by atoms with Crippen LogP contribution < -0.4 is 25.8 Å². The number of hydrogen-bond acceptors (Lipinski definition) is 7. The summed E-state index contributed by atoms with van der Waals surface area (Å²) in [5.41, 5.74) is 9.48. The average molecular weight is 474 g/mol. The number of carbonyl (C=O) groups excluding carboxylic acids is 2. The number of ether oxygens (including phenoxy) is 1. The van der Waals surface area contributed by atoms with E-state index in [0.717, 1.165) is 16.8 Å². The molecule has 2 aromatic rings. The van der Waals surface area contributed by atoms with Gasteiger partial charge in [0, 0.05) is 12.2 Å². The third kappa shape index (κ3) is 4.47. The van der Waals surface area contributed by atoms with Gasteiger partial charge in [-0.05, 0) is 49.2 Å².